The fraction of sp³-hybridized carbons (Fsp3) is 0.467. The lowest BCUT2D eigenvalue weighted by molar-refractivity contribution is -0.128. The molecule has 20 heavy (non-hydrogen) atoms. The summed E-state index contributed by atoms with van der Waals surface area (Å²) in [7, 11) is 0. The minimum atomic E-state index is -0.0987. The fourth-order valence-electron chi connectivity index (χ4n) is 2.48. The first-order chi connectivity index (χ1) is 9.69. The van der Waals surface area contributed by atoms with E-state index in [4.69, 9.17) is 5.11 Å². The number of aliphatic hydroxyl groups is 1. The number of nitrogens with one attached hydrogen (secondary N) is 1. The molecule has 0 saturated carbocycles. The van der Waals surface area contributed by atoms with Crippen LogP contribution in [0.3, 0.4) is 0 Å². The van der Waals surface area contributed by atoms with Crippen LogP contribution in [0, 0.1) is 5.92 Å². The monoisotopic (exact) mass is 276 g/mol. The smallest absolute Gasteiger partial charge is 0.223 e. The highest BCUT2D eigenvalue weighted by Gasteiger charge is 2.30. The zero-order valence-electron chi connectivity index (χ0n) is 11.4. The van der Waals surface area contributed by atoms with Gasteiger partial charge < -0.3 is 15.3 Å². The average molecular weight is 276 g/mol. The van der Waals surface area contributed by atoms with E-state index < -0.39 is 0 Å². The second-order valence-electron chi connectivity index (χ2n) is 5.11. The molecule has 1 heterocycles. The maximum atomic E-state index is 11.9. The van der Waals surface area contributed by atoms with Gasteiger partial charge in [0.15, 0.2) is 0 Å². The fourth-order valence-corrected chi connectivity index (χ4v) is 2.48. The van der Waals surface area contributed by atoms with E-state index in [-0.39, 0.29) is 30.9 Å². The lowest BCUT2D eigenvalue weighted by Crippen LogP contribution is -2.29. The molecule has 2 amide bonds. The molecular formula is C15H20N2O3. The van der Waals surface area contributed by atoms with E-state index >= 15 is 0 Å². The van der Waals surface area contributed by atoms with E-state index in [1.165, 1.54) is 0 Å². The largest absolute Gasteiger partial charge is 0.395 e. The Morgan fingerprint density at radius 2 is 2.10 bits per heavy atom. The van der Waals surface area contributed by atoms with Crippen molar-refractivity contribution in [3.63, 3.8) is 0 Å². The number of benzene rings is 1. The highest BCUT2D eigenvalue weighted by molar-refractivity contribution is 5.81. The summed E-state index contributed by atoms with van der Waals surface area (Å²) in [5, 5.41) is 11.3. The van der Waals surface area contributed by atoms with Crippen LogP contribution in [-0.4, -0.2) is 41.5 Å². The highest BCUT2D eigenvalue weighted by atomic mass is 16.3. The number of carbonyl (C=O) groups is 2. The number of rotatable bonds is 6. The first-order valence-electron chi connectivity index (χ1n) is 6.88. The van der Waals surface area contributed by atoms with Gasteiger partial charge in [0, 0.05) is 32.5 Å². The Kier molecular flexibility index (Phi) is 5.12. The molecule has 1 saturated heterocycles. The van der Waals surface area contributed by atoms with E-state index in [0.29, 0.717) is 25.9 Å². The Labute approximate surface area is 118 Å². The minimum absolute atomic E-state index is 0.0601. The predicted octanol–water partition coefficient (Wildman–Crippen LogP) is 0.534. The van der Waals surface area contributed by atoms with Crippen molar-refractivity contribution >= 4 is 11.8 Å². The Morgan fingerprint density at radius 3 is 2.80 bits per heavy atom. The molecule has 0 aliphatic carbocycles. The van der Waals surface area contributed by atoms with Crippen molar-refractivity contribution < 1.29 is 14.7 Å². The molecule has 1 unspecified atom stereocenters. The second kappa shape index (κ2) is 7.05. The van der Waals surface area contributed by atoms with Crippen LogP contribution in [0.4, 0.5) is 0 Å². The Bertz CT molecular complexity index is 461. The number of hydrogen-bond acceptors (Lipinski definition) is 3. The molecule has 1 fully saturated rings. The van der Waals surface area contributed by atoms with Crippen molar-refractivity contribution in [1.29, 1.82) is 0 Å². The zero-order chi connectivity index (χ0) is 14.4. The molecule has 1 aromatic rings. The van der Waals surface area contributed by atoms with E-state index in [1.807, 2.05) is 30.3 Å². The third kappa shape index (κ3) is 4.06. The molecule has 0 bridgehead atoms. The average Bonchev–Trinajstić information content (AvgIpc) is 2.77. The molecule has 2 rings (SSSR count). The van der Waals surface area contributed by atoms with Crippen molar-refractivity contribution in [2.24, 2.45) is 5.92 Å². The van der Waals surface area contributed by atoms with Crippen LogP contribution in [-0.2, 0) is 16.1 Å². The van der Waals surface area contributed by atoms with Crippen LogP contribution >= 0.6 is 0 Å². The molecule has 5 nitrogen and oxygen atoms in total. The van der Waals surface area contributed by atoms with Crippen molar-refractivity contribution in [2.75, 3.05) is 19.7 Å². The summed E-state index contributed by atoms with van der Waals surface area (Å²) < 4.78 is 0. The lowest BCUT2D eigenvalue weighted by atomic mass is 10.0. The van der Waals surface area contributed by atoms with E-state index in [1.54, 1.807) is 4.90 Å². The quantitative estimate of drug-likeness (QED) is 0.796. The summed E-state index contributed by atoms with van der Waals surface area (Å²) in [5.74, 6) is 0.0807. The molecule has 1 atom stereocenters. The number of nitrogens with zero attached hydrogens (tertiary/aromatic N) is 1. The summed E-state index contributed by atoms with van der Waals surface area (Å²) in [6.45, 7) is 1.44. The van der Waals surface area contributed by atoms with Crippen molar-refractivity contribution in [2.45, 2.75) is 19.4 Å². The van der Waals surface area contributed by atoms with Crippen molar-refractivity contribution in [3.05, 3.63) is 35.9 Å². The molecule has 5 heteroatoms. The summed E-state index contributed by atoms with van der Waals surface area (Å²) in [5.41, 5.74) is 1.10. The van der Waals surface area contributed by atoms with Crippen LogP contribution in [0.2, 0.25) is 0 Å². The molecule has 1 aliphatic heterocycles. The second-order valence-corrected chi connectivity index (χ2v) is 5.11. The van der Waals surface area contributed by atoms with Gasteiger partial charge in [-0.15, -0.1) is 0 Å². The van der Waals surface area contributed by atoms with Crippen LogP contribution in [0.15, 0.2) is 30.3 Å². The summed E-state index contributed by atoms with van der Waals surface area (Å²) in [6, 6.07) is 9.85. The third-order valence-corrected chi connectivity index (χ3v) is 3.42. The number of hydrogen-bond donors (Lipinski definition) is 2. The number of carbonyl (C=O) groups excluding carboxylic acids is 2. The predicted molar refractivity (Wildman–Crippen MR) is 74.7 cm³/mol. The van der Waals surface area contributed by atoms with Crippen LogP contribution in [0.25, 0.3) is 0 Å². The summed E-state index contributed by atoms with van der Waals surface area (Å²) in [6.07, 6.45) is 0.774. The Morgan fingerprint density at radius 1 is 1.35 bits per heavy atom. The van der Waals surface area contributed by atoms with Crippen LogP contribution in [0.1, 0.15) is 18.4 Å². The molecular weight excluding hydrogens is 256 g/mol. The van der Waals surface area contributed by atoms with Gasteiger partial charge in [0.25, 0.3) is 0 Å². The van der Waals surface area contributed by atoms with Gasteiger partial charge in [-0.3, -0.25) is 9.59 Å². The van der Waals surface area contributed by atoms with Gasteiger partial charge in [-0.1, -0.05) is 30.3 Å². The molecule has 1 aromatic carbocycles. The molecule has 0 spiro atoms. The maximum absolute atomic E-state index is 11.9. The topological polar surface area (TPSA) is 69.6 Å². The van der Waals surface area contributed by atoms with Crippen LogP contribution < -0.4 is 5.32 Å². The van der Waals surface area contributed by atoms with Gasteiger partial charge in [0.05, 0.1) is 6.61 Å². The number of likely N-dealkylation sites (tertiary alicyclic amines) is 1. The van der Waals surface area contributed by atoms with Gasteiger partial charge in [0.1, 0.15) is 0 Å². The van der Waals surface area contributed by atoms with Gasteiger partial charge in [0.2, 0.25) is 11.8 Å². The summed E-state index contributed by atoms with van der Waals surface area (Å²) in [4.78, 5) is 25.3. The molecule has 0 radical (unpaired) electrons. The molecule has 0 aromatic heterocycles. The number of amides is 2. The lowest BCUT2D eigenvalue weighted by Gasteiger charge is -2.16. The van der Waals surface area contributed by atoms with Gasteiger partial charge in [-0.25, -0.2) is 0 Å². The normalized spacial score (nSPS) is 18.4. The molecule has 2 N–H and O–H groups in total. The van der Waals surface area contributed by atoms with E-state index in [2.05, 4.69) is 5.32 Å². The molecule has 108 valence electrons. The maximum Gasteiger partial charge on any atom is 0.223 e. The van der Waals surface area contributed by atoms with E-state index in [9.17, 15) is 9.59 Å². The zero-order valence-corrected chi connectivity index (χ0v) is 11.4. The standard InChI is InChI=1S/C15H20N2O3/c18-7-6-16-14(19)8-13-9-15(20)17(11-13)10-12-4-2-1-3-5-12/h1-5,13,18H,6-11H2,(H,16,19). The Balaban J connectivity index is 1.83. The first kappa shape index (κ1) is 14.5. The highest BCUT2D eigenvalue weighted by Crippen LogP contribution is 2.22. The van der Waals surface area contributed by atoms with Crippen molar-refractivity contribution in [1.82, 2.24) is 10.2 Å². The SMILES string of the molecule is O=C(CC1CC(=O)N(Cc2ccccc2)C1)NCCO. The number of aliphatic hydroxyl groups excluding tert-OH is 1. The van der Waals surface area contributed by atoms with Gasteiger partial charge in [-0.05, 0) is 11.5 Å². The first-order valence-corrected chi connectivity index (χ1v) is 6.88. The minimum Gasteiger partial charge on any atom is -0.395 e. The third-order valence-electron chi connectivity index (χ3n) is 3.42. The van der Waals surface area contributed by atoms with Gasteiger partial charge >= 0.3 is 0 Å². The van der Waals surface area contributed by atoms with Crippen LogP contribution in [0.5, 0.6) is 0 Å². The van der Waals surface area contributed by atoms with Gasteiger partial charge in [-0.2, -0.15) is 0 Å². The Hall–Kier alpha value is -1.88. The van der Waals surface area contributed by atoms with Crippen molar-refractivity contribution in [3.8, 4) is 0 Å². The molecule has 1 aliphatic rings. The summed E-state index contributed by atoms with van der Waals surface area (Å²) >= 11 is 0. The van der Waals surface area contributed by atoms with E-state index in [0.717, 1.165) is 5.56 Å².